The Kier molecular flexibility index (Phi) is 4.65. The first-order chi connectivity index (χ1) is 8.31. The zero-order valence-electron chi connectivity index (χ0n) is 10.0. The molecule has 0 saturated carbocycles. The Morgan fingerprint density at radius 2 is 2.00 bits per heavy atom. The van der Waals surface area contributed by atoms with Crippen LogP contribution in [0, 0.1) is 0 Å². The van der Waals surface area contributed by atoms with Crippen molar-refractivity contribution in [3.8, 4) is 0 Å². The summed E-state index contributed by atoms with van der Waals surface area (Å²) in [6.07, 6.45) is -0.426. The van der Waals surface area contributed by atoms with Crippen LogP contribution in [-0.4, -0.2) is 68.4 Å². The molecule has 1 rings (SSSR count). The van der Waals surface area contributed by atoms with Gasteiger partial charge in [-0.1, -0.05) is 0 Å². The largest absolute Gasteiger partial charge is 0.480 e. The van der Waals surface area contributed by atoms with Crippen LogP contribution in [0.1, 0.15) is 6.42 Å². The quantitative estimate of drug-likeness (QED) is 0.621. The van der Waals surface area contributed by atoms with Gasteiger partial charge in [0.05, 0.1) is 13.2 Å². The average Bonchev–Trinajstić information content (AvgIpc) is 2.73. The number of esters is 1. The molecular weight excluding hydrogens is 266 g/mol. The first kappa shape index (κ1) is 14.9. The van der Waals surface area contributed by atoms with Crippen LogP contribution in [0.5, 0.6) is 0 Å². The summed E-state index contributed by atoms with van der Waals surface area (Å²) < 4.78 is 33.8. The molecule has 1 saturated heterocycles. The van der Waals surface area contributed by atoms with E-state index in [0.29, 0.717) is 0 Å². The number of hydrogen-bond donors (Lipinski definition) is 1. The van der Waals surface area contributed by atoms with E-state index in [1.54, 1.807) is 0 Å². The third-order valence-electron chi connectivity index (χ3n) is 2.72. The van der Waals surface area contributed by atoms with Crippen LogP contribution >= 0.6 is 0 Å². The maximum absolute atomic E-state index is 11.9. The summed E-state index contributed by atoms with van der Waals surface area (Å²) in [5.74, 6) is -3.06. The van der Waals surface area contributed by atoms with Gasteiger partial charge in [-0.05, 0) is 0 Å². The second-order valence-corrected chi connectivity index (χ2v) is 5.77. The third kappa shape index (κ3) is 3.18. The molecule has 0 aromatic carbocycles. The van der Waals surface area contributed by atoms with Crippen LogP contribution in [0.4, 0.5) is 0 Å². The predicted octanol–water partition coefficient (Wildman–Crippen LogP) is -1.34. The number of sulfonamides is 1. The van der Waals surface area contributed by atoms with Crippen molar-refractivity contribution >= 4 is 22.0 Å². The Hall–Kier alpha value is -1.19. The van der Waals surface area contributed by atoms with E-state index in [4.69, 9.17) is 9.84 Å². The Bertz CT molecular complexity index is 432. The second-order valence-electron chi connectivity index (χ2n) is 3.85. The standard InChI is InChI=1S/C9H15NO7S/c1-16-6-3-7(9(12)13)10(4-6)18(14,15)5-8(11)17-2/h6-7H,3-5H2,1-2H3,(H,12,13). The number of carbonyl (C=O) groups is 2. The van der Waals surface area contributed by atoms with Crippen LogP contribution in [0.3, 0.4) is 0 Å². The SMILES string of the molecule is COC(=O)CS(=O)(=O)N1CC(OC)CC1C(=O)O. The maximum Gasteiger partial charge on any atom is 0.322 e. The molecule has 0 aliphatic carbocycles. The minimum absolute atomic E-state index is 0.0617. The van der Waals surface area contributed by atoms with Crippen molar-refractivity contribution in [3.63, 3.8) is 0 Å². The van der Waals surface area contributed by atoms with E-state index in [1.807, 2.05) is 0 Å². The molecule has 0 radical (unpaired) electrons. The molecular formula is C9H15NO7S. The van der Waals surface area contributed by atoms with E-state index in [0.717, 1.165) is 11.4 Å². The Balaban J connectivity index is 2.91. The summed E-state index contributed by atoms with van der Waals surface area (Å²) in [6, 6.07) is -1.20. The molecule has 9 heteroatoms. The van der Waals surface area contributed by atoms with E-state index >= 15 is 0 Å². The van der Waals surface area contributed by atoms with Crippen LogP contribution in [0.25, 0.3) is 0 Å². The maximum atomic E-state index is 11.9. The molecule has 0 aromatic rings. The van der Waals surface area contributed by atoms with Crippen molar-refractivity contribution in [2.45, 2.75) is 18.6 Å². The van der Waals surface area contributed by atoms with Crippen molar-refractivity contribution in [1.29, 1.82) is 0 Å². The van der Waals surface area contributed by atoms with Gasteiger partial charge in [-0.3, -0.25) is 9.59 Å². The molecule has 1 aliphatic rings. The first-order valence-corrected chi connectivity index (χ1v) is 6.74. The van der Waals surface area contributed by atoms with Gasteiger partial charge in [0, 0.05) is 20.1 Å². The first-order valence-electron chi connectivity index (χ1n) is 5.13. The number of carboxylic acid groups (broad SMARTS) is 1. The lowest BCUT2D eigenvalue weighted by Crippen LogP contribution is -2.43. The minimum Gasteiger partial charge on any atom is -0.480 e. The number of methoxy groups -OCH3 is 2. The smallest absolute Gasteiger partial charge is 0.322 e. The Labute approximate surface area is 105 Å². The number of carbonyl (C=O) groups excluding carboxylic acids is 1. The van der Waals surface area contributed by atoms with Crippen LogP contribution in [-0.2, 0) is 29.1 Å². The number of nitrogens with zero attached hydrogens (tertiary/aromatic N) is 1. The molecule has 18 heavy (non-hydrogen) atoms. The highest BCUT2D eigenvalue weighted by Crippen LogP contribution is 2.23. The summed E-state index contributed by atoms with van der Waals surface area (Å²) in [4.78, 5) is 22.0. The van der Waals surface area contributed by atoms with E-state index in [-0.39, 0.29) is 13.0 Å². The number of hydrogen-bond acceptors (Lipinski definition) is 6. The lowest BCUT2D eigenvalue weighted by atomic mass is 10.2. The number of rotatable bonds is 5. The molecule has 0 bridgehead atoms. The highest BCUT2D eigenvalue weighted by molar-refractivity contribution is 7.89. The Morgan fingerprint density at radius 1 is 1.39 bits per heavy atom. The van der Waals surface area contributed by atoms with Gasteiger partial charge >= 0.3 is 11.9 Å². The summed E-state index contributed by atoms with van der Waals surface area (Å²) in [6.45, 7) is -0.0766. The highest BCUT2D eigenvalue weighted by atomic mass is 32.2. The molecule has 104 valence electrons. The molecule has 1 N–H and O–H groups in total. The predicted molar refractivity (Wildman–Crippen MR) is 59.3 cm³/mol. The molecule has 1 aliphatic heterocycles. The second kappa shape index (κ2) is 5.63. The van der Waals surface area contributed by atoms with Gasteiger partial charge in [-0.25, -0.2) is 8.42 Å². The fraction of sp³-hybridized carbons (Fsp3) is 0.778. The molecule has 1 fully saturated rings. The van der Waals surface area contributed by atoms with Crippen LogP contribution < -0.4 is 0 Å². The molecule has 0 amide bonds. The van der Waals surface area contributed by atoms with Gasteiger partial charge in [0.2, 0.25) is 10.0 Å². The average molecular weight is 281 g/mol. The van der Waals surface area contributed by atoms with E-state index in [9.17, 15) is 18.0 Å². The van der Waals surface area contributed by atoms with Gasteiger partial charge in [0.1, 0.15) is 6.04 Å². The third-order valence-corrected chi connectivity index (χ3v) is 4.44. The van der Waals surface area contributed by atoms with Gasteiger partial charge in [-0.15, -0.1) is 0 Å². The zero-order chi connectivity index (χ0) is 13.9. The molecule has 2 unspecified atom stereocenters. The van der Waals surface area contributed by atoms with E-state index in [1.165, 1.54) is 7.11 Å². The monoisotopic (exact) mass is 281 g/mol. The molecule has 0 spiro atoms. The molecule has 0 aromatic heterocycles. The van der Waals surface area contributed by atoms with E-state index < -0.39 is 39.9 Å². The summed E-state index contributed by atoms with van der Waals surface area (Å²) in [7, 11) is -1.57. The number of ether oxygens (including phenoxy) is 2. The van der Waals surface area contributed by atoms with Crippen LogP contribution in [0.2, 0.25) is 0 Å². The van der Waals surface area contributed by atoms with Crippen molar-refractivity contribution in [3.05, 3.63) is 0 Å². The molecule has 2 atom stereocenters. The van der Waals surface area contributed by atoms with E-state index in [2.05, 4.69) is 4.74 Å². The van der Waals surface area contributed by atoms with Crippen molar-refractivity contribution in [2.75, 3.05) is 26.5 Å². The number of aliphatic carboxylic acids is 1. The fourth-order valence-electron chi connectivity index (χ4n) is 1.76. The van der Waals surface area contributed by atoms with Gasteiger partial charge in [-0.2, -0.15) is 4.31 Å². The minimum atomic E-state index is -4.01. The topological polar surface area (TPSA) is 110 Å². The van der Waals surface area contributed by atoms with Gasteiger partial charge in [0.15, 0.2) is 5.75 Å². The summed E-state index contributed by atoms with van der Waals surface area (Å²) in [5.41, 5.74) is 0. The fourth-order valence-corrected chi connectivity index (χ4v) is 3.30. The molecule has 1 heterocycles. The summed E-state index contributed by atoms with van der Waals surface area (Å²) >= 11 is 0. The number of carboxylic acids is 1. The molecule has 8 nitrogen and oxygen atoms in total. The van der Waals surface area contributed by atoms with Crippen molar-refractivity contribution < 1.29 is 32.6 Å². The zero-order valence-corrected chi connectivity index (χ0v) is 10.8. The summed E-state index contributed by atoms with van der Waals surface area (Å²) in [5, 5.41) is 8.97. The van der Waals surface area contributed by atoms with Crippen molar-refractivity contribution in [2.24, 2.45) is 0 Å². The highest BCUT2D eigenvalue weighted by Gasteiger charge is 2.44. The van der Waals surface area contributed by atoms with Gasteiger partial charge in [0.25, 0.3) is 0 Å². The lowest BCUT2D eigenvalue weighted by Gasteiger charge is -2.19. The normalized spacial score (nSPS) is 25.0. The van der Waals surface area contributed by atoms with Crippen LogP contribution in [0.15, 0.2) is 0 Å². The van der Waals surface area contributed by atoms with Gasteiger partial charge < -0.3 is 14.6 Å². The van der Waals surface area contributed by atoms with Crippen molar-refractivity contribution in [1.82, 2.24) is 4.31 Å². The lowest BCUT2D eigenvalue weighted by molar-refractivity contribution is -0.141. The Morgan fingerprint density at radius 3 is 2.44 bits per heavy atom.